The molecule has 154 valence electrons. The third-order valence-corrected chi connectivity index (χ3v) is 6.35. The van der Waals surface area contributed by atoms with Crippen molar-refractivity contribution in [3.05, 3.63) is 104 Å². The smallest absolute Gasteiger partial charge is 0.366 e. The van der Waals surface area contributed by atoms with E-state index < -0.39 is 11.7 Å². The minimum Gasteiger partial charge on any atom is -0.366 e. The van der Waals surface area contributed by atoms with Crippen molar-refractivity contribution >= 4 is 28.7 Å². The first kappa shape index (κ1) is 20.7. The van der Waals surface area contributed by atoms with Gasteiger partial charge in [-0.2, -0.15) is 13.2 Å². The van der Waals surface area contributed by atoms with E-state index in [0.717, 1.165) is 29.7 Å². The molecule has 2 heterocycles. The molecular weight excluding hydrogens is 431 g/mol. The highest BCUT2D eigenvalue weighted by Gasteiger charge is 2.32. The Balaban J connectivity index is 1.63. The highest BCUT2D eigenvalue weighted by atomic mass is 35.5. The molecule has 0 saturated carbocycles. The lowest BCUT2D eigenvalue weighted by atomic mass is 9.93. The van der Waals surface area contributed by atoms with Crippen molar-refractivity contribution in [2.75, 3.05) is 6.54 Å². The number of rotatable bonds is 4. The molecule has 1 unspecified atom stereocenters. The molecule has 0 spiro atoms. The molecule has 0 amide bonds. The summed E-state index contributed by atoms with van der Waals surface area (Å²) in [5.74, 6) is -0.158. The molecule has 1 atom stereocenters. The second kappa shape index (κ2) is 8.28. The van der Waals surface area contributed by atoms with Crippen LogP contribution in [0.2, 0.25) is 5.02 Å². The molecule has 0 radical (unpaired) electrons. The third-order valence-electron chi connectivity index (χ3n) is 5.10. The van der Waals surface area contributed by atoms with Crippen LogP contribution in [0.3, 0.4) is 0 Å². The Kier molecular flexibility index (Phi) is 5.71. The number of halogens is 4. The lowest BCUT2D eigenvalue weighted by Crippen LogP contribution is -2.31. The summed E-state index contributed by atoms with van der Waals surface area (Å²) in [4.78, 5) is 15.7. The number of ketones is 1. The Morgan fingerprint density at radius 1 is 1.07 bits per heavy atom. The van der Waals surface area contributed by atoms with E-state index in [-0.39, 0.29) is 11.8 Å². The summed E-state index contributed by atoms with van der Waals surface area (Å²) in [6, 6.07) is 13.7. The van der Waals surface area contributed by atoms with Crippen molar-refractivity contribution in [2.45, 2.75) is 18.6 Å². The molecule has 0 bridgehead atoms. The Hall–Kier alpha value is -2.57. The van der Waals surface area contributed by atoms with Crippen molar-refractivity contribution in [1.29, 1.82) is 0 Å². The van der Waals surface area contributed by atoms with E-state index in [0.29, 0.717) is 17.1 Å². The lowest BCUT2D eigenvalue weighted by molar-refractivity contribution is -0.137. The quantitative estimate of drug-likeness (QED) is 0.325. The highest BCUT2D eigenvalue weighted by Crippen LogP contribution is 2.39. The fourth-order valence-electron chi connectivity index (χ4n) is 3.60. The van der Waals surface area contributed by atoms with Crippen LogP contribution in [0.1, 0.15) is 38.0 Å². The maximum absolute atomic E-state index is 13.0. The van der Waals surface area contributed by atoms with Crippen LogP contribution in [0.25, 0.3) is 0 Å². The van der Waals surface area contributed by atoms with Crippen LogP contribution in [0.4, 0.5) is 13.2 Å². The first-order valence-corrected chi connectivity index (χ1v) is 10.6. The number of allylic oxidation sites excluding steroid dienone is 1. The second-order valence-corrected chi connectivity index (χ2v) is 8.43. The van der Waals surface area contributed by atoms with E-state index in [1.54, 1.807) is 41.8 Å². The summed E-state index contributed by atoms with van der Waals surface area (Å²) in [5, 5.41) is 2.55. The minimum absolute atomic E-state index is 0.158. The normalized spacial score (nSPS) is 16.7. The van der Waals surface area contributed by atoms with Gasteiger partial charge in [0.25, 0.3) is 0 Å². The number of fused-ring (bicyclic) bond motifs is 1. The summed E-state index contributed by atoms with van der Waals surface area (Å²) in [7, 11) is 0. The Morgan fingerprint density at radius 3 is 2.43 bits per heavy atom. The van der Waals surface area contributed by atoms with Crippen LogP contribution in [-0.4, -0.2) is 17.2 Å². The summed E-state index contributed by atoms with van der Waals surface area (Å²) >= 11 is 7.52. The van der Waals surface area contributed by atoms with Crippen LogP contribution in [0.15, 0.2) is 72.3 Å². The molecule has 4 rings (SSSR count). The van der Waals surface area contributed by atoms with Gasteiger partial charge >= 0.3 is 6.18 Å². The fraction of sp³-hybridized carbons (Fsp3) is 0.174. The summed E-state index contributed by atoms with van der Waals surface area (Å²) in [6.45, 7) is 0.670. The maximum atomic E-state index is 13.0. The molecule has 0 N–H and O–H groups in total. The van der Waals surface area contributed by atoms with E-state index in [4.69, 9.17) is 11.6 Å². The average Bonchev–Trinajstić information content (AvgIpc) is 3.20. The molecule has 0 aliphatic carbocycles. The molecule has 1 aliphatic rings. The van der Waals surface area contributed by atoms with Crippen molar-refractivity contribution < 1.29 is 18.0 Å². The van der Waals surface area contributed by atoms with E-state index in [1.807, 2.05) is 16.3 Å². The monoisotopic (exact) mass is 447 g/mol. The molecule has 2 nitrogen and oxygen atoms in total. The van der Waals surface area contributed by atoms with Gasteiger partial charge in [-0.05, 0) is 65.4 Å². The molecule has 30 heavy (non-hydrogen) atoms. The molecule has 3 aromatic rings. The van der Waals surface area contributed by atoms with Crippen LogP contribution in [0, 0.1) is 0 Å². The average molecular weight is 448 g/mol. The van der Waals surface area contributed by atoms with Crippen molar-refractivity contribution in [2.24, 2.45) is 0 Å². The van der Waals surface area contributed by atoms with Gasteiger partial charge in [0.15, 0.2) is 5.78 Å². The van der Waals surface area contributed by atoms with E-state index in [1.165, 1.54) is 23.1 Å². The second-order valence-electron chi connectivity index (χ2n) is 7.00. The van der Waals surface area contributed by atoms with Crippen molar-refractivity contribution in [1.82, 2.24) is 4.90 Å². The van der Waals surface area contributed by atoms with Gasteiger partial charge in [-0.15, -0.1) is 11.3 Å². The van der Waals surface area contributed by atoms with Gasteiger partial charge in [0.1, 0.15) is 0 Å². The predicted molar refractivity (Wildman–Crippen MR) is 113 cm³/mol. The SMILES string of the molecule is O=C(C=CN1CCc2sccc2C1c1ccc(C(F)(F)F)cc1)c1ccc(Cl)cc1. The molecule has 0 saturated heterocycles. The lowest BCUT2D eigenvalue weighted by Gasteiger charge is -2.35. The van der Waals surface area contributed by atoms with Gasteiger partial charge in [-0.25, -0.2) is 0 Å². The zero-order chi connectivity index (χ0) is 21.3. The van der Waals surface area contributed by atoms with Crippen LogP contribution in [-0.2, 0) is 12.6 Å². The number of hydrogen-bond acceptors (Lipinski definition) is 3. The van der Waals surface area contributed by atoms with Gasteiger partial charge in [0, 0.05) is 34.3 Å². The highest BCUT2D eigenvalue weighted by molar-refractivity contribution is 7.10. The Morgan fingerprint density at radius 2 is 1.77 bits per heavy atom. The zero-order valence-electron chi connectivity index (χ0n) is 15.7. The van der Waals surface area contributed by atoms with Gasteiger partial charge < -0.3 is 4.90 Å². The summed E-state index contributed by atoms with van der Waals surface area (Å²) in [5.41, 5.74) is 1.67. The van der Waals surface area contributed by atoms with Gasteiger partial charge in [0.2, 0.25) is 0 Å². The summed E-state index contributed by atoms with van der Waals surface area (Å²) < 4.78 is 38.9. The topological polar surface area (TPSA) is 20.3 Å². The van der Waals surface area contributed by atoms with Crippen LogP contribution >= 0.6 is 22.9 Å². The fourth-order valence-corrected chi connectivity index (χ4v) is 4.63. The first-order valence-electron chi connectivity index (χ1n) is 9.30. The van der Waals surface area contributed by atoms with Gasteiger partial charge in [-0.1, -0.05) is 23.7 Å². The van der Waals surface area contributed by atoms with E-state index >= 15 is 0 Å². The molecule has 1 aliphatic heterocycles. The molecule has 2 aromatic carbocycles. The molecule has 1 aromatic heterocycles. The van der Waals surface area contributed by atoms with Crippen LogP contribution < -0.4 is 0 Å². The van der Waals surface area contributed by atoms with E-state index in [9.17, 15) is 18.0 Å². The van der Waals surface area contributed by atoms with Gasteiger partial charge in [-0.3, -0.25) is 4.79 Å². The third kappa shape index (κ3) is 4.30. The van der Waals surface area contributed by atoms with E-state index in [2.05, 4.69) is 0 Å². The number of thiophene rings is 1. The Bertz CT molecular complexity index is 1070. The standard InChI is InChI=1S/C23H17ClF3NOS/c24-18-7-3-15(4-8-18)20(29)9-12-28-13-10-21-19(11-14-30-21)22(28)16-1-5-17(6-2-16)23(25,26)27/h1-9,11-12,14,22H,10,13H2. The number of nitrogens with zero attached hydrogens (tertiary/aromatic N) is 1. The molecular formula is C23H17ClF3NOS. The molecule has 0 fully saturated rings. The number of carbonyl (C=O) groups is 1. The minimum atomic E-state index is -4.37. The Labute approximate surface area is 181 Å². The summed E-state index contributed by atoms with van der Waals surface area (Å²) in [6.07, 6.45) is -0.315. The number of carbonyl (C=O) groups excluding carboxylic acids is 1. The number of hydrogen-bond donors (Lipinski definition) is 0. The van der Waals surface area contributed by atoms with Crippen LogP contribution in [0.5, 0.6) is 0 Å². The van der Waals surface area contributed by atoms with Crippen molar-refractivity contribution in [3.63, 3.8) is 0 Å². The largest absolute Gasteiger partial charge is 0.416 e. The van der Waals surface area contributed by atoms with Gasteiger partial charge in [0.05, 0.1) is 11.6 Å². The number of alkyl halides is 3. The predicted octanol–water partition coefficient (Wildman–Crippen LogP) is 6.76. The zero-order valence-corrected chi connectivity index (χ0v) is 17.3. The van der Waals surface area contributed by atoms with Crippen molar-refractivity contribution in [3.8, 4) is 0 Å². The molecule has 7 heteroatoms. The first-order chi connectivity index (χ1) is 14.3. The number of benzene rings is 2. The maximum Gasteiger partial charge on any atom is 0.416 e.